The maximum Gasteiger partial charge on any atom is 0.422 e. The van der Waals surface area contributed by atoms with Crippen LogP contribution in [0.2, 0.25) is 0 Å². The number of hydrogen-bond donors (Lipinski definition) is 0. The van der Waals surface area contributed by atoms with Gasteiger partial charge in [0.05, 0.1) is 5.56 Å². The Morgan fingerprint density at radius 2 is 1.42 bits per heavy atom. The van der Waals surface area contributed by atoms with Gasteiger partial charge in [0.2, 0.25) is 0 Å². The molecule has 0 N–H and O–H groups in total. The Labute approximate surface area is 219 Å². The molecule has 202 valence electrons. The second-order valence-corrected chi connectivity index (χ2v) is 10.2. The third kappa shape index (κ3) is 6.43. The summed E-state index contributed by atoms with van der Waals surface area (Å²) in [6, 6.07) is 15.6. The molecule has 1 aliphatic carbocycles. The molecule has 3 aromatic carbocycles. The summed E-state index contributed by atoms with van der Waals surface area (Å²) in [6.07, 6.45) is 2.31. The second-order valence-electron chi connectivity index (χ2n) is 10.2. The summed E-state index contributed by atoms with van der Waals surface area (Å²) >= 11 is 0. The lowest BCUT2D eigenvalue weighted by atomic mass is 9.73. The van der Waals surface area contributed by atoms with Gasteiger partial charge in [-0.1, -0.05) is 63.1 Å². The predicted molar refractivity (Wildman–Crippen MR) is 137 cm³/mol. The summed E-state index contributed by atoms with van der Waals surface area (Å²) in [4.78, 5) is 12.4. The van der Waals surface area contributed by atoms with Gasteiger partial charge >= 0.3 is 12.1 Å². The van der Waals surface area contributed by atoms with Gasteiger partial charge in [-0.05, 0) is 72.3 Å². The highest BCUT2D eigenvalue weighted by molar-refractivity contribution is 5.91. The molecule has 1 unspecified atom stereocenters. The van der Waals surface area contributed by atoms with Gasteiger partial charge < -0.3 is 4.74 Å². The molecule has 0 saturated heterocycles. The number of hydrogen-bond acceptors (Lipinski definition) is 2. The Kier molecular flexibility index (Phi) is 8.54. The van der Waals surface area contributed by atoms with Crippen LogP contribution >= 0.6 is 0 Å². The van der Waals surface area contributed by atoms with Crippen LogP contribution in [-0.4, -0.2) is 5.97 Å². The Balaban J connectivity index is 1.38. The average Bonchev–Trinajstić information content (AvgIpc) is 2.88. The van der Waals surface area contributed by atoms with Crippen molar-refractivity contribution in [2.24, 2.45) is 11.8 Å². The third-order valence-electron chi connectivity index (χ3n) is 7.67. The number of carbonyl (C=O) groups is 1. The highest BCUT2D eigenvalue weighted by Gasteiger charge is 2.38. The molecule has 0 aromatic heterocycles. The van der Waals surface area contributed by atoms with Crippen molar-refractivity contribution in [1.29, 1.82) is 0 Å². The molecule has 38 heavy (non-hydrogen) atoms. The van der Waals surface area contributed by atoms with Gasteiger partial charge in [-0.2, -0.15) is 13.2 Å². The summed E-state index contributed by atoms with van der Waals surface area (Å²) in [5.74, 6) is -3.09. The van der Waals surface area contributed by atoms with Gasteiger partial charge in [0.25, 0.3) is 0 Å². The zero-order chi connectivity index (χ0) is 27.4. The molecular formula is C31H31F5O2. The van der Waals surface area contributed by atoms with Crippen LogP contribution in [0.3, 0.4) is 0 Å². The molecular weight excluding hydrogens is 499 g/mol. The van der Waals surface area contributed by atoms with Crippen LogP contribution in [0, 0.1) is 23.5 Å². The molecule has 1 saturated carbocycles. The first kappa shape index (κ1) is 27.8. The molecule has 0 amide bonds. The lowest BCUT2D eigenvalue weighted by molar-refractivity contribution is -0.142. The van der Waals surface area contributed by atoms with Crippen molar-refractivity contribution in [3.63, 3.8) is 0 Å². The van der Waals surface area contributed by atoms with Crippen molar-refractivity contribution in [3.8, 4) is 16.9 Å². The zero-order valence-electron chi connectivity index (χ0n) is 21.5. The Morgan fingerprint density at radius 1 is 0.895 bits per heavy atom. The molecule has 7 heteroatoms. The standard InChI is InChI=1S/C31H31F5O2/c1-3-4-19(2)20-5-7-21(8-6-20)22-9-11-23(12-10-22)24-13-15-25(16-14-24)30(37)38-26-17-27(32)29(28(33)18-26)31(34,35)36/h9-21H,3-8H2,1-2H3. The molecule has 0 spiro atoms. The number of ether oxygens (including phenoxy) is 1. The number of esters is 1. The summed E-state index contributed by atoms with van der Waals surface area (Å²) in [6.45, 7) is 4.62. The molecule has 0 radical (unpaired) electrons. The molecule has 0 aliphatic heterocycles. The maximum absolute atomic E-state index is 13.8. The van der Waals surface area contributed by atoms with Crippen LogP contribution in [0.25, 0.3) is 11.1 Å². The van der Waals surface area contributed by atoms with E-state index in [1.54, 1.807) is 12.1 Å². The van der Waals surface area contributed by atoms with Gasteiger partial charge in [-0.25, -0.2) is 13.6 Å². The van der Waals surface area contributed by atoms with Gasteiger partial charge in [0.15, 0.2) is 0 Å². The van der Waals surface area contributed by atoms with Crippen molar-refractivity contribution >= 4 is 5.97 Å². The molecule has 3 aromatic rings. The summed E-state index contributed by atoms with van der Waals surface area (Å²) in [7, 11) is 0. The SMILES string of the molecule is CCCC(C)C1CCC(c2ccc(-c3ccc(C(=O)Oc4cc(F)c(C(F)(F)F)c(F)c4)cc3)cc2)CC1. The highest BCUT2D eigenvalue weighted by Crippen LogP contribution is 2.40. The Morgan fingerprint density at radius 3 is 1.92 bits per heavy atom. The van der Waals surface area contributed by atoms with Gasteiger partial charge in [0, 0.05) is 12.1 Å². The molecule has 0 bridgehead atoms. The van der Waals surface area contributed by atoms with Crippen molar-refractivity contribution in [3.05, 3.63) is 89.0 Å². The van der Waals surface area contributed by atoms with E-state index in [1.807, 2.05) is 0 Å². The topological polar surface area (TPSA) is 26.3 Å². The second kappa shape index (κ2) is 11.7. The molecule has 2 nitrogen and oxygen atoms in total. The fraction of sp³-hybridized carbons (Fsp3) is 0.387. The summed E-state index contributed by atoms with van der Waals surface area (Å²) < 4.78 is 70.7. The maximum atomic E-state index is 13.8. The molecule has 1 atom stereocenters. The highest BCUT2D eigenvalue weighted by atomic mass is 19.4. The van der Waals surface area contributed by atoms with Gasteiger partial charge in [-0.15, -0.1) is 0 Å². The quantitative estimate of drug-likeness (QED) is 0.173. The van der Waals surface area contributed by atoms with E-state index in [9.17, 15) is 26.7 Å². The number of benzene rings is 3. The van der Waals surface area contributed by atoms with E-state index >= 15 is 0 Å². The van der Waals surface area contributed by atoms with E-state index in [1.165, 1.54) is 56.2 Å². The van der Waals surface area contributed by atoms with E-state index in [2.05, 4.69) is 38.1 Å². The van der Waals surface area contributed by atoms with Crippen LogP contribution in [0.15, 0.2) is 60.7 Å². The largest absolute Gasteiger partial charge is 0.423 e. The lowest BCUT2D eigenvalue weighted by Crippen LogP contribution is -2.19. The molecule has 1 aliphatic rings. The first-order chi connectivity index (χ1) is 18.1. The van der Waals surface area contributed by atoms with Gasteiger partial charge in [-0.3, -0.25) is 0 Å². The molecule has 1 fully saturated rings. The Bertz CT molecular complexity index is 1220. The lowest BCUT2D eigenvalue weighted by Gasteiger charge is -2.32. The summed E-state index contributed by atoms with van der Waals surface area (Å²) in [5, 5.41) is 0. The number of halogens is 5. The zero-order valence-corrected chi connectivity index (χ0v) is 21.5. The average molecular weight is 531 g/mol. The first-order valence-electron chi connectivity index (χ1n) is 13.1. The minimum atomic E-state index is -5.20. The van der Waals surface area contributed by atoms with Crippen molar-refractivity contribution in [2.45, 2.75) is 64.5 Å². The van der Waals surface area contributed by atoms with Gasteiger partial charge in [0.1, 0.15) is 22.9 Å². The van der Waals surface area contributed by atoms with Crippen LogP contribution in [0.5, 0.6) is 5.75 Å². The van der Waals surface area contributed by atoms with Crippen LogP contribution in [0.4, 0.5) is 22.0 Å². The number of rotatable bonds is 7. The number of carbonyl (C=O) groups excluding carboxylic acids is 1. The van der Waals surface area contributed by atoms with Crippen molar-refractivity contribution < 1.29 is 31.5 Å². The molecule has 0 heterocycles. The minimum Gasteiger partial charge on any atom is -0.423 e. The van der Waals surface area contributed by atoms with Crippen molar-refractivity contribution in [2.75, 3.05) is 0 Å². The van der Waals surface area contributed by atoms with E-state index in [-0.39, 0.29) is 5.56 Å². The molecule has 4 rings (SSSR count). The smallest absolute Gasteiger partial charge is 0.422 e. The van der Waals surface area contributed by atoms with Crippen LogP contribution < -0.4 is 4.74 Å². The Hall–Kier alpha value is -3.22. The van der Waals surface area contributed by atoms with E-state index in [0.717, 1.165) is 23.0 Å². The van der Waals surface area contributed by atoms with Crippen LogP contribution in [-0.2, 0) is 6.18 Å². The predicted octanol–water partition coefficient (Wildman–Crippen LogP) is 9.58. The normalized spacial score (nSPS) is 18.7. The first-order valence-corrected chi connectivity index (χ1v) is 13.1. The minimum absolute atomic E-state index is 0.0974. The third-order valence-corrected chi connectivity index (χ3v) is 7.67. The fourth-order valence-electron chi connectivity index (χ4n) is 5.50. The van der Waals surface area contributed by atoms with E-state index in [0.29, 0.717) is 18.1 Å². The fourth-order valence-corrected chi connectivity index (χ4v) is 5.50. The van der Waals surface area contributed by atoms with Crippen molar-refractivity contribution in [1.82, 2.24) is 0 Å². The number of alkyl halides is 3. The van der Waals surface area contributed by atoms with E-state index in [4.69, 9.17) is 4.74 Å². The van der Waals surface area contributed by atoms with E-state index < -0.39 is 35.1 Å². The van der Waals surface area contributed by atoms with Crippen LogP contribution in [0.1, 0.15) is 79.8 Å². The summed E-state index contributed by atoms with van der Waals surface area (Å²) in [5.41, 5.74) is 1.26. The monoisotopic (exact) mass is 530 g/mol.